The molecule has 2 atom stereocenters. The number of aliphatic hydroxyl groups excluding tert-OH is 1. The zero-order chi connectivity index (χ0) is 23.1. The molecular weight excluding hydrogens is 437 g/mol. The Bertz CT molecular complexity index is 903. The second-order valence-corrected chi connectivity index (χ2v) is 8.44. The fraction of sp³-hybridized carbons (Fsp3) is 0.391. The summed E-state index contributed by atoms with van der Waals surface area (Å²) < 4.78 is 0. The first kappa shape index (κ1) is 25.1. The number of nitrogens with one attached hydrogen (secondary N) is 1. The molecule has 0 bridgehead atoms. The molecule has 8 heteroatoms. The Morgan fingerprint density at radius 1 is 1.06 bits per heavy atom. The van der Waals surface area contributed by atoms with Crippen LogP contribution in [0.4, 0.5) is 0 Å². The minimum Gasteiger partial charge on any atom is -0.387 e. The number of carbonyl (C=O) groups is 2. The zero-order valence-corrected chi connectivity index (χ0v) is 19.5. The van der Waals surface area contributed by atoms with Crippen LogP contribution in [0.3, 0.4) is 0 Å². The van der Waals surface area contributed by atoms with Crippen LogP contribution in [0.25, 0.3) is 0 Å². The molecule has 2 amide bonds. The number of amides is 2. The van der Waals surface area contributed by atoms with Gasteiger partial charge in [0.05, 0.1) is 22.7 Å². The van der Waals surface area contributed by atoms with Crippen molar-refractivity contribution in [1.82, 2.24) is 10.2 Å². The van der Waals surface area contributed by atoms with Crippen molar-refractivity contribution >= 4 is 35.0 Å². The van der Waals surface area contributed by atoms with E-state index >= 15 is 0 Å². The topological polar surface area (TPSA) is 95.7 Å². The first-order chi connectivity index (χ1) is 14.6. The lowest BCUT2D eigenvalue weighted by atomic mass is 10.0. The van der Waals surface area contributed by atoms with E-state index in [1.807, 2.05) is 26.0 Å². The second-order valence-electron chi connectivity index (χ2n) is 7.62. The van der Waals surface area contributed by atoms with Crippen LogP contribution >= 0.6 is 23.2 Å². The van der Waals surface area contributed by atoms with Crippen molar-refractivity contribution in [3.63, 3.8) is 0 Å². The van der Waals surface area contributed by atoms with E-state index in [0.29, 0.717) is 34.1 Å². The predicted molar refractivity (Wildman–Crippen MR) is 124 cm³/mol. The minimum atomic E-state index is -0.933. The predicted octanol–water partition coefficient (Wildman–Crippen LogP) is 3.99. The van der Waals surface area contributed by atoms with Crippen molar-refractivity contribution in [3.05, 3.63) is 69.2 Å². The molecule has 0 aromatic heterocycles. The van der Waals surface area contributed by atoms with Gasteiger partial charge < -0.3 is 21.1 Å². The lowest BCUT2D eigenvalue weighted by molar-refractivity contribution is -0.136. The Morgan fingerprint density at radius 2 is 1.68 bits per heavy atom. The van der Waals surface area contributed by atoms with Gasteiger partial charge in [-0.15, -0.1) is 0 Å². The van der Waals surface area contributed by atoms with E-state index in [9.17, 15) is 14.7 Å². The highest BCUT2D eigenvalue weighted by molar-refractivity contribution is 6.42. The number of benzene rings is 2. The lowest BCUT2D eigenvalue weighted by Gasteiger charge is -2.31. The van der Waals surface area contributed by atoms with Crippen LogP contribution < -0.4 is 11.1 Å². The van der Waals surface area contributed by atoms with Crippen molar-refractivity contribution < 1.29 is 14.7 Å². The number of nitrogens with two attached hydrogens (primary N) is 1. The van der Waals surface area contributed by atoms with E-state index in [4.69, 9.17) is 28.9 Å². The van der Waals surface area contributed by atoms with Gasteiger partial charge in [-0.05, 0) is 42.7 Å². The molecule has 168 valence electrons. The van der Waals surface area contributed by atoms with Gasteiger partial charge >= 0.3 is 0 Å². The van der Waals surface area contributed by atoms with Gasteiger partial charge in [0.1, 0.15) is 6.04 Å². The molecule has 0 saturated heterocycles. The van der Waals surface area contributed by atoms with E-state index in [2.05, 4.69) is 5.32 Å². The van der Waals surface area contributed by atoms with Crippen molar-refractivity contribution in [2.45, 2.75) is 51.9 Å². The summed E-state index contributed by atoms with van der Waals surface area (Å²) >= 11 is 12.0. The SMILES string of the molecule is CCC(=O)NCc1ccc(C(N)C(=O)N(CC(O)c2ccc(Cl)c(Cl)c2)C(C)C)cc1. The molecular formula is C23H29Cl2N3O3. The number of hydrogen-bond donors (Lipinski definition) is 3. The molecule has 2 aromatic rings. The third-order valence-electron chi connectivity index (χ3n) is 5.02. The Kier molecular flexibility index (Phi) is 9.32. The molecule has 0 aliphatic rings. The summed E-state index contributed by atoms with van der Waals surface area (Å²) in [5.74, 6) is -0.315. The smallest absolute Gasteiger partial charge is 0.244 e. The van der Waals surface area contributed by atoms with Crippen LogP contribution in [0, 0.1) is 0 Å². The molecule has 0 radical (unpaired) electrons. The second kappa shape index (κ2) is 11.5. The number of nitrogens with zero attached hydrogens (tertiary/aromatic N) is 1. The maximum atomic E-state index is 13.1. The van der Waals surface area contributed by atoms with Gasteiger partial charge in [-0.3, -0.25) is 9.59 Å². The molecule has 6 nitrogen and oxygen atoms in total. The summed E-state index contributed by atoms with van der Waals surface area (Å²) in [6.45, 7) is 6.02. The number of hydrogen-bond acceptors (Lipinski definition) is 4. The van der Waals surface area contributed by atoms with E-state index < -0.39 is 12.1 Å². The van der Waals surface area contributed by atoms with E-state index in [0.717, 1.165) is 5.56 Å². The van der Waals surface area contributed by atoms with Crippen molar-refractivity contribution in [1.29, 1.82) is 0 Å². The molecule has 4 N–H and O–H groups in total. The molecule has 2 aromatic carbocycles. The van der Waals surface area contributed by atoms with Gasteiger partial charge in [0.2, 0.25) is 11.8 Å². The van der Waals surface area contributed by atoms with Crippen LogP contribution in [-0.4, -0.2) is 34.4 Å². The molecule has 0 fully saturated rings. The van der Waals surface area contributed by atoms with Crippen LogP contribution in [-0.2, 0) is 16.1 Å². The maximum Gasteiger partial charge on any atom is 0.244 e. The summed E-state index contributed by atoms with van der Waals surface area (Å²) in [4.78, 5) is 26.0. The Labute approximate surface area is 193 Å². The summed E-state index contributed by atoms with van der Waals surface area (Å²) in [5.41, 5.74) is 8.39. The summed E-state index contributed by atoms with van der Waals surface area (Å²) in [5, 5.41) is 14.2. The third-order valence-corrected chi connectivity index (χ3v) is 5.76. The average molecular weight is 466 g/mol. The summed E-state index contributed by atoms with van der Waals surface area (Å²) in [7, 11) is 0. The fourth-order valence-electron chi connectivity index (χ4n) is 3.06. The van der Waals surface area contributed by atoms with Crippen molar-refractivity contribution in [3.8, 4) is 0 Å². The molecule has 0 saturated carbocycles. The molecule has 0 aliphatic heterocycles. The van der Waals surface area contributed by atoms with Crippen molar-refractivity contribution in [2.24, 2.45) is 5.73 Å². The summed E-state index contributed by atoms with van der Waals surface area (Å²) in [6, 6.07) is 11.1. The molecule has 31 heavy (non-hydrogen) atoms. The molecule has 0 spiro atoms. The normalized spacial score (nSPS) is 13.0. The monoisotopic (exact) mass is 465 g/mol. The van der Waals surface area contributed by atoms with Gasteiger partial charge in [-0.25, -0.2) is 0 Å². The fourth-order valence-corrected chi connectivity index (χ4v) is 3.36. The van der Waals surface area contributed by atoms with Crippen molar-refractivity contribution in [2.75, 3.05) is 6.54 Å². The third kappa shape index (κ3) is 6.94. The highest BCUT2D eigenvalue weighted by Gasteiger charge is 2.27. The number of carbonyl (C=O) groups excluding carboxylic acids is 2. The highest BCUT2D eigenvalue weighted by Crippen LogP contribution is 2.27. The maximum absolute atomic E-state index is 13.1. The van der Waals surface area contributed by atoms with Crippen LogP contribution in [0.2, 0.25) is 10.0 Å². The summed E-state index contributed by atoms with van der Waals surface area (Å²) in [6.07, 6.45) is -0.505. The van der Waals surface area contributed by atoms with Gasteiger partial charge in [0, 0.05) is 19.0 Å². The lowest BCUT2D eigenvalue weighted by Crippen LogP contribution is -2.44. The van der Waals surface area contributed by atoms with Crippen LogP contribution in [0.5, 0.6) is 0 Å². The van der Waals surface area contributed by atoms with Gasteiger partial charge in [-0.1, -0.05) is 60.5 Å². The quantitative estimate of drug-likeness (QED) is 0.521. The van der Waals surface area contributed by atoms with E-state index in [1.54, 1.807) is 42.2 Å². The average Bonchev–Trinajstić information content (AvgIpc) is 2.76. The largest absolute Gasteiger partial charge is 0.387 e. The first-order valence-corrected chi connectivity index (χ1v) is 10.9. The molecule has 2 rings (SSSR count). The first-order valence-electron chi connectivity index (χ1n) is 10.2. The van der Waals surface area contributed by atoms with Gasteiger partial charge in [0.15, 0.2) is 0 Å². The number of aliphatic hydroxyl groups is 1. The number of rotatable bonds is 9. The standard InChI is InChI=1S/C23H29Cl2N3O3/c1-4-21(30)27-12-15-5-7-16(8-6-15)22(26)23(31)28(14(2)3)13-20(29)17-9-10-18(24)19(25)11-17/h5-11,14,20,22,29H,4,12-13,26H2,1-3H3,(H,27,30). The number of halogens is 2. The highest BCUT2D eigenvalue weighted by atomic mass is 35.5. The Morgan fingerprint density at radius 3 is 2.23 bits per heavy atom. The van der Waals surface area contributed by atoms with Crippen LogP contribution in [0.15, 0.2) is 42.5 Å². The molecule has 0 heterocycles. The van der Waals surface area contributed by atoms with Gasteiger partial charge in [0.25, 0.3) is 0 Å². The van der Waals surface area contributed by atoms with E-state index in [-0.39, 0.29) is 24.4 Å². The van der Waals surface area contributed by atoms with Gasteiger partial charge in [-0.2, -0.15) is 0 Å². The minimum absolute atomic E-state index is 0.0240. The Hall–Kier alpha value is -2.12. The van der Waals surface area contributed by atoms with E-state index in [1.165, 1.54) is 0 Å². The van der Waals surface area contributed by atoms with Crippen LogP contribution in [0.1, 0.15) is 56.0 Å². The Balaban J connectivity index is 2.09. The molecule has 2 unspecified atom stereocenters. The molecule has 0 aliphatic carbocycles. The zero-order valence-electron chi connectivity index (χ0n) is 17.9.